The molecule has 0 bridgehead atoms. The van der Waals surface area contributed by atoms with Crippen molar-refractivity contribution in [2.24, 2.45) is 28.6 Å². The van der Waals surface area contributed by atoms with Crippen molar-refractivity contribution in [2.45, 2.75) is 64.0 Å². The van der Waals surface area contributed by atoms with Crippen molar-refractivity contribution in [3.8, 4) is 0 Å². The zero-order valence-corrected chi connectivity index (χ0v) is 15.4. The largest absolute Gasteiger partial charge is 0.295 e. The van der Waals surface area contributed by atoms with Crippen LogP contribution in [0.3, 0.4) is 0 Å². The van der Waals surface area contributed by atoms with E-state index in [2.05, 4.69) is 20.1 Å². The average molecular weight is 333 g/mol. The number of fused-ring (bicyclic) bond motifs is 5. The number of allylic oxidation sites excluding steroid dienone is 1. The van der Waals surface area contributed by atoms with Gasteiger partial charge in [-0.25, -0.2) is 0 Å². The van der Waals surface area contributed by atoms with Crippen molar-refractivity contribution in [3.63, 3.8) is 0 Å². The molecule has 4 aliphatic rings. The van der Waals surface area contributed by atoms with Crippen molar-refractivity contribution in [2.75, 3.05) is 6.26 Å². The van der Waals surface area contributed by atoms with Crippen LogP contribution in [0.4, 0.5) is 0 Å². The smallest absolute Gasteiger partial charge is 0.159 e. The van der Waals surface area contributed by atoms with Crippen LogP contribution in [0.15, 0.2) is 11.6 Å². The van der Waals surface area contributed by atoms with E-state index in [9.17, 15) is 9.59 Å². The van der Waals surface area contributed by atoms with Crippen LogP contribution in [0.2, 0.25) is 0 Å². The molecule has 0 spiro atoms. The number of hydrogen-bond donors (Lipinski definition) is 0. The van der Waals surface area contributed by atoms with Crippen molar-refractivity contribution in [1.29, 1.82) is 0 Å². The van der Waals surface area contributed by atoms with Crippen molar-refractivity contribution < 1.29 is 9.59 Å². The quantitative estimate of drug-likeness (QED) is 0.712. The summed E-state index contributed by atoms with van der Waals surface area (Å²) in [5.41, 5.74) is 1.26. The van der Waals surface area contributed by atoms with Crippen LogP contribution in [0.25, 0.3) is 0 Å². The van der Waals surface area contributed by atoms with Crippen molar-refractivity contribution in [3.05, 3.63) is 11.6 Å². The molecule has 3 fully saturated rings. The fraction of sp³-hybridized carbons (Fsp3) is 0.800. The maximum atomic E-state index is 12.9. The monoisotopic (exact) mass is 332 g/mol. The lowest BCUT2D eigenvalue weighted by Gasteiger charge is -2.57. The molecule has 0 unspecified atom stereocenters. The highest BCUT2D eigenvalue weighted by Crippen LogP contribution is 2.65. The number of carbonyl (C=O) groups excluding carboxylic acids is 2. The fourth-order valence-corrected chi connectivity index (χ4v) is 7.93. The van der Waals surface area contributed by atoms with E-state index in [1.165, 1.54) is 25.7 Å². The standard InChI is InChI=1S/C20H28O2S/c1-19-8-6-12(21)10-16(19)17(22)11-13-14-4-5-18(23-3)20(14,2)9-7-15(13)19/h10,13-15,18H,4-9,11H2,1-3H3/t13-,14-,15-,18-,19+,20-/m0/s1. The number of thioether (sulfide) groups is 1. The summed E-state index contributed by atoms with van der Waals surface area (Å²) in [7, 11) is 0. The molecule has 4 rings (SSSR count). The number of rotatable bonds is 1. The fourth-order valence-electron chi connectivity index (χ4n) is 6.73. The Balaban J connectivity index is 1.72. The van der Waals surface area contributed by atoms with E-state index < -0.39 is 0 Å². The minimum absolute atomic E-state index is 0.0350. The van der Waals surface area contributed by atoms with E-state index in [-0.39, 0.29) is 17.0 Å². The van der Waals surface area contributed by atoms with Gasteiger partial charge in [0, 0.05) is 23.7 Å². The van der Waals surface area contributed by atoms with Gasteiger partial charge in [0.25, 0.3) is 0 Å². The summed E-state index contributed by atoms with van der Waals surface area (Å²) in [5.74, 6) is 2.30. The second-order valence-corrected chi connectivity index (χ2v) is 9.83. The van der Waals surface area contributed by atoms with E-state index in [4.69, 9.17) is 0 Å². The Bertz CT molecular complexity index is 594. The second kappa shape index (κ2) is 5.21. The lowest BCUT2D eigenvalue weighted by molar-refractivity contribution is -0.130. The zero-order chi connectivity index (χ0) is 16.4. The van der Waals surface area contributed by atoms with Crippen molar-refractivity contribution >= 4 is 23.3 Å². The van der Waals surface area contributed by atoms with Gasteiger partial charge in [0.1, 0.15) is 0 Å². The molecule has 0 aromatic heterocycles. The van der Waals surface area contributed by atoms with Gasteiger partial charge < -0.3 is 0 Å². The maximum Gasteiger partial charge on any atom is 0.159 e. The van der Waals surface area contributed by atoms with Gasteiger partial charge in [-0.15, -0.1) is 0 Å². The molecule has 0 aromatic carbocycles. The van der Waals surface area contributed by atoms with E-state index in [0.717, 1.165) is 17.2 Å². The SMILES string of the molecule is CS[C@H]1CC[C@H]2[C@@H]3CC(=O)C4=CC(=O)CC[C@]4(C)[C@H]3CC[C@]12C. The first-order valence-electron chi connectivity index (χ1n) is 9.21. The average Bonchev–Trinajstić information content (AvgIpc) is 2.86. The molecule has 3 saturated carbocycles. The Hall–Kier alpha value is -0.570. The predicted molar refractivity (Wildman–Crippen MR) is 94.4 cm³/mol. The second-order valence-electron chi connectivity index (χ2n) is 8.79. The molecule has 3 heteroatoms. The highest BCUT2D eigenvalue weighted by atomic mass is 32.2. The van der Waals surface area contributed by atoms with Crippen LogP contribution >= 0.6 is 11.8 Å². The van der Waals surface area contributed by atoms with Gasteiger partial charge in [0.2, 0.25) is 0 Å². The van der Waals surface area contributed by atoms with Crippen LogP contribution in [0, 0.1) is 28.6 Å². The minimum atomic E-state index is -0.0350. The molecule has 0 N–H and O–H groups in total. The van der Waals surface area contributed by atoms with Crippen LogP contribution in [-0.2, 0) is 9.59 Å². The molecule has 2 nitrogen and oxygen atoms in total. The minimum Gasteiger partial charge on any atom is -0.295 e. The highest BCUT2D eigenvalue weighted by Gasteiger charge is 2.60. The normalized spacial score (nSPS) is 49.3. The van der Waals surface area contributed by atoms with E-state index in [1.54, 1.807) is 6.08 Å². The van der Waals surface area contributed by atoms with Gasteiger partial charge in [0.15, 0.2) is 11.6 Å². The predicted octanol–water partition coefficient (Wildman–Crippen LogP) is 4.43. The summed E-state index contributed by atoms with van der Waals surface area (Å²) in [5, 5.41) is 0.765. The third kappa shape index (κ3) is 2.08. The molecular weight excluding hydrogens is 304 g/mol. The van der Waals surface area contributed by atoms with Crippen LogP contribution in [0.5, 0.6) is 0 Å². The summed E-state index contributed by atoms with van der Waals surface area (Å²) in [6, 6.07) is 0. The molecule has 0 heterocycles. The molecular formula is C20H28O2S. The molecule has 0 saturated heterocycles. The molecule has 0 aliphatic heterocycles. The highest BCUT2D eigenvalue weighted by molar-refractivity contribution is 7.99. The van der Waals surface area contributed by atoms with Gasteiger partial charge in [-0.3, -0.25) is 9.59 Å². The van der Waals surface area contributed by atoms with Gasteiger partial charge >= 0.3 is 0 Å². The molecule has 23 heavy (non-hydrogen) atoms. The number of hydrogen-bond acceptors (Lipinski definition) is 3. The summed E-state index contributed by atoms with van der Waals surface area (Å²) in [6.45, 7) is 4.77. The van der Waals surface area contributed by atoms with Crippen molar-refractivity contribution in [1.82, 2.24) is 0 Å². The third-order valence-electron chi connectivity index (χ3n) is 7.99. The summed E-state index contributed by atoms with van der Waals surface area (Å²) >= 11 is 2.04. The molecule has 6 atom stereocenters. The first-order chi connectivity index (χ1) is 10.9. The maximum absolute atomic E-state index is 12.9. The molecule has 0 radical (unpaired) electrons. The number of carbonyl (C=O) groups is 2. The third-order valence-corrected chi connectivity index (χ3v) is 9.33. The Morgan fingerprint density at radius 3 is 2.61 bits per heavy atom. The van der Waals surface area contributed by atoms with E-state index >= 15 is 0 Å². The summed E-state index contributed by atoms with van der Waals surface area (Å²) in [4.78, 5) is 24.7. The van der Waals surface area contributed by atoms with Gasteiger partial charge in [-0.05, 0) is 73.0 Å². The van der Waals surface area contributed by atoms with E-state index in [1.807, 2.05) is 11.8 Å². The Morgan fingerprint density at radius 2 is 1.87 bits per heavy atom. The van der Waals surface area contributed by atoms with Gasteiger partial charge in [-0.1, -0.05) is 13.8 Å². The lowest BCUT2D eigenvalue weighted by atomic mass is 9.47. The first kappa shape index (κ1) is 15.9. The van der Waals surface area contributed by atoms with E-state index in [0.29, 0.717) is 36.0 Å². The van der Waals surface area contributed by atoms with Crippen LogP contribution in [0.1, 0.15) is 58.8 Å². The topological polar surface area (TPSA) is 34.1 Å². The number of Topliss-reactive ketones (excluding diaryl/α,β-unsaturated/α-hetero) is 1. The summed E-state index contributed by atoms with van der Waals surface area (Å²) < 4.78 is 0. The zero-order valence-electron chi connectivity index (χ0n) is 14.6. The molecule has 4 aliphatic carbocycles. The summed E-state index contributed by atoms with van der Waals surface area (Å²) in [6.07, 6.45) is 11.3. The number of ketones is 2. The Kier molecular flexibility index (Phi) is 3.61. The molecule has 0 aromatic rings. The molecule has 126 valence electrons. The van der Waals surface area contributed by atoms with Crippen LogP contribution < -0.4 is 0 Å². The Morgan fingerprint density at radius 1 is 1.09 bits per heavy atom. The van der Waals surface area contributed by atoms with Gasteiger partial charge in [-0.2, -0.15) is 11.8 Å². The van der Waals surface area contributed by atoms with Gasteiger partial charge in [0.05, 0.1) is 0 Å². The lowest BCUT2D eigenvalue weighted by Crippen LogP contribution is -2.53. The Labute approximate surface area is 143 Å². The molecule has 0 amide bonds. The first-order valence-corrected chi connectivity index (χ1v) is 10.5. The van der Waals surface area contributed by atoms with Crippen LogP contribution in [-0.4, -0.2) is 23.1 Å².